The Bertz CT molecular complexity index is 122. The molecule has 0 aliphatic rings. The number of nitrogens with two attached hydrogens (primary N) is 1. The second kappa shape index (κ2) is 5.97. The minimum atomic E-state index is 0.760. The molecule has 0 fully saturated rings. The van der Waals surface area contributed by atoms with Crippen molar-refractivity contribution in [2.24, 2.45) is 10.8 Å². The Morgan fingerprint density at radius 1 is 1.45 bits per heavy atom. The largest absolute Gasteiger partial charge is 0.355 e. The van der Waals surface area contributed by atoms with Crippen molar-refractivity contribution in [2.45, 2.75) is 20.8 Å². The van der Waals surface area contributed by atoms with E-state index in [1.165, 1.54) is 0 Å². The Morgan fingerprint density at radius 3 is 2.45 bits per heavy atom. The van der Waals surface area contributed by atoms with Crippen molar-refractivity contribution in [3.8, 4) is 0 Å². The summed E-state index contributed by atoms with van der Waals surface area (Å²) in [6, 6.07) is 0. The third-order valence-corrected chi connectivity index (χ3v) is 1.26. The smallest absolute Gasteiger partial charge is 0.208 e. The number of hydrogen-bond donors (Lipinski definition) is 2. The van der Waals surface area contributed by atoms with Crippen LogP contribution in [0.25, 0.3) is 0 Å². The maximum absolute atomic E-state index is 5.63. The number of rotatable bonds is 3. The second-order valence-corrected chi connectivity index (χ2v) is 2.11. The van der Waals surface area contributed by atoms with Crippen molar-refractivity contribution in [3.63, 3.8) is 0 Å². The van der Waals surface area contributed by atoms with E-state index in [0.717, 1.165) is 25.6 Å². The third-order valence-electron chi connectivity index (χ3n) is 1.26. The van der Waals surface area contributed by atoms with Crippen LogP contribution in [0, 0.1) is 0 Å². The van der Waals surface area contributed by atoms with Gasteiger partial charge in [-0.05, 0) is 20.8 Å². The highest BCUT2D eigenvalue weighted by Gasteiger charge is 2.00. The predicted molar refractivity (Wildman–Crippen MR) is 48.2 cm³/mol. The van der Waals surface area contributed by atoms with Gasteiger partial charge in [-0.3, -0.25) is 10.0 Å². The lowest BCUT2D eigenvalue weighted by Gasteiger charge is -2.18. The average Bonchev–Trinajstić information content (AvgIpc) is 2.03. The van der Waals surface area contributed by atoms with Gasteiger partial charge in [0.25, 0.3) is 0 Å². The van der Waals surface area contributed by atoms with Gasteiger partial charge in [0.15, 0.2) is 0 Å². The summed E-state index contributed by atoms with van der Waals surface area (Å²) < 4.78 is 0. The zero-order valence-corrected chi connectivity index (χ0v) is 7.59. The van der Waals surface area contributed by atoms with Gasteiger partial charge in [-0.15, -0.1) is 0 Å². The van der Waals surface area contributed by atoms with Crippen LogP contribution < -0.4 is 11.2 Å². The molecule has 0 atom stereocenters. The molecule has 0 unspecified atom stereocenters. The van der Waals surface area contributed by atoms with E-state index < -0.39 is 0 Å². The lowest BCUT2D eigenvalue weighted by atomic mass is 10.6. The van der Waals surface area contributed by atoms with E-state index in [0.29, 0.717) is 0 Å². The first kappa shape index (κ1) is 10.2. The fourth-order valence-electron chi connectivity index (χ4n) is 0.706. The summed E-state index contributed by atoms with van der Waals surface area (Å²) in [5.74, 6) is 6.40. The Morgan fingerprint density at radius 2 is 2.09 bits per heavy atom. The summed E-state index contributed by atoms with van der Waals surface area (Å²) in [5, 5.41) is 4.69. The van der Waals surface area contributed by atoms with Gasteiger partial charge in [-0.25, -0.2) is 5.84 Å². The van der Waals surface area contributed by atoms with Gasteiger partial charge in [-0.1, -0.05) is 0 Å². The quantitative estimate of drug-likeness (QED) is 0.266. The molecule has 0 aromatic carbocycles. The summed E-state index contributed by atoms with van der Waals surface area (Å²) in [6.07, 6.45) is 0. The molecule has 0 radical (unpaired) electrons. The molecular formula is C7H18N4. The van der Waals surface area contributed by atoms with E-state index in [1.807, 2.05) is 20.8 Å². The summed E-state index contributed by atoms with van der Waals surface area (Å²) in [6.45, 7) is 8.38. The van der Waals surface area contributed by atoms with Gasteiger partial charge >= 0.3 is 0 Å². The second-order valence-electron chi connectivity index (χ2n) is 2.11. The first-order chi connectivity index (χ1) is 5.26. The highest BCUT2D eigenvalue weighted by Crippen LogP contribution is 1.80. The zero-order valence-electron chi connectivity index (χ0n) is 7.59. The summed E-state index contributed by atoms with van der Waals surface area (Å²) in [4.78, 5) is 4.19. The van der Waals surface area contributed by atoms with Crippen molar-refractivity contribution in [1.82, 2.24) is 10.3 Å². The molecular weight excluding hydrogens is 140 g/mol. The van der Waals surface area contributed by atoms with Crippen LogP contribution in [0.2, 0.25) is 0 Å². The molecule has 0 bridgehead atoms. The number of hydrogen-bond acceptors (Lipinski definition) is 2. The van der Waals surface area contributed by atoms with Gasteiger partial charge in [0.05, 0.1) is 0 Å². The molecule has 66 valence electrons. The molecule has 0 spiro atoms. The van der Waals surface area contributed by atoms with Gasteiger partial charge in [0, 0.05) is 19.6 Å². The van der Waals surface area contributed by atoms with E-state index in [9.17, 15) is 0 Å². The van der Waals surface area contributed by atoms with Gasteiger partial charge < -0.3 is 5.32 Å². The molecule has 0 heterocycles. The fraction of sp³-hybridized carbons (Fsp3) is 0.857. The number of nitrogens with one attached hydrogen (secondary N) is 1. The molecule has 0 saturated carbocycles. The molecule has 0 amide bonds. The predicted octanol–water partition coefficient (Wildman–Crippen LogP) is 0.167. The first-order valence-electron chi connectivity index (χ1n) is 4.06. The number of guanidine groups is 1. The third kappa shape index (κ3) is 3.83. The maximum Gasteiger partial charge on any atom is 0.208 e. The van der Waals surface area contributed by atoms with Crippen LogP contribution in [0.15, 0.2) is 4.99 Å². The number of hydrazine groups is 1. The Labute approximate surface area is 68.4 Å². The van der Waals surface area contributed by atoms with Gasteiger partial charge in [-0.2, -0.15) is 0 Å². The minimum absolute atomic E-state index is 0.760. The van der Waals surface area contributed by atoms with E-state index in [1.54, 1.807) is 5.01 Å². The van der Waals surface area contributed by atoms with E-state index in [2.05, 4.69) is 10.3 Å². The van der Waals surface area contributed by atoms with Crippen LogP contribution in [0.4, 0.5) is 0 Å². The molecule has 4 heteroatoms. The minimum Gasteiger partial charge on any atom is -0.355 e. The fourth-order valence-corrected chi connectivity index (χ4v) is 0.706. The molecule has 0 aliphatic heterocycles. The Kier molecular flexibility index (Phi) is 5.56. The summed E-state index contributed by atoms with van der Waals surface area (Å²) >= 11 is 0. The molecule has 0 aromatic heterocycles. The molecule has 4 nitrogen and oxygen atoms in total. The SMILES string of the molecule is CCN=C(NCC)N(N)CC. The summed E-state index contributed by atoms with van der Waals surface area (Å²) in [5.41, 5.74) is 0. The van der Waals surface area contributed by atoms with E-state index in [4.69, 9.17) is 5.84 Å². The van der Waals surface area contributed by atoms with Gasteiger partial charge in [0.1, 0.15) is 0 Å². The molecule has 0 saturated heterocycles. The average molecular weight is 158 g/mol. The highest BCUT2D eigenvalue weighted by molar-refractivity contribution is 5.79. The highest BCUT2D eigenvalue weighted by atomic mass is 15.5. The Hall–Kier alpha value is -0.770. The molecule has 0 aliphatic carbocycles. The normalized spacial score (nSPS) is 11.5. The zero-order chi connectivity index (χ0) is 8.69. The standard InChI is InChI=1S/C7H18N4/c1-4-9-7(10-5-2)11(8)6-3/h4-6,8H2,1-3H3,(H,9,10). The van der Waals surface area contributed by atoms with Crippen LogP contribution in [0.3, 0.4) is 0 Å². The van der Waals surface area contributed by atoms with Crippen LogP contribution in [-0.4, -0.2) is 30.6 Å². The Balaban J connectivity index is 3.97. The maximum atomic E-state index is 5.63. The lowest BCUT2D eigenvalue weighted by Crippen LogP contribution is -2.45. The van der Waals surface area contributed by atoms with Crippen molar-refractivity contribution in [2.75, 3.05) is 19.6 Å². The number of aliphatic imine (C=N–C) groups is 1. The van der Waals surface area contributed by atoms with Crippen LogP contribution in [0.5, 0.6) is 0 Å². The number of nitrogens with zero attached hydrogens (tertiary/aromatic N) is 2. The van der Waals surface area contributed by atoms with E-state index >= 15 is 0 Å². The summed E-state index contributed by atoms with van der Waals surface area (Å²) in [7, 11) is 0. The van der Waals surface area contributed by atoms with Crippen LogP contribution in [-0.2, 0) is 0 Å². The lowest BCUT2D eigenvalue weighted by molar-refractivity contribution is 0.445. The topological polar surface area (TPSA) is 53.7 Å². The monoisotopic (exact) mass is 158 g/mol. The molecule has 0 rings (SSSR count). The van der Waals surface area contributed by atoms with Crippen molar-refractivity contribution < 1.29 is 0 Å². The van der Waals surface area contributed by atoms with Crippen molar-refractivity contribution >= 4 is 5.96 Å². The van der Waals surface area contributed by atoms with Crippen LogP contribution in [0.1, 0.15) is 20.8 Å². The molecule has 3 N–H and O–H groups in total. The molecule has 0 aromatic rings. The molecule has 11 heavy (non-hydrogen) atoms. The van der Waals surface area contributed by atoms with Crippen molar-refractivity contribution in [1.29, 1.82) is 0 Å². The van der Waals surface area contributed by atoms with E-state index in [-0.39, 0.29) is 0 Å². The van der Waals surface area contributed by atoms with Crippen molar-refractivity contribution in [3.05, 3.63) is 0 Å². The van der Waals surface area contributed by atoms with Gasteiger partial charge in [0.2, 0.25) is 5.96 Å². The first-order valence-corrected chi connectivity index (χ1v) is 4.06. The van der Waals surface area contributed by atoms with Crippen LogP contribution >= 0.6 is 0 Å².